The summed E-state index contributed by atoms with van der Waals surface area (Å²) in [5.74, 6) is 0.597. The Labute approximate surface area is 191 Å². The zero-order valence-electron chi connectivity index (χ0n) is 18.6. The van der Waals surface area contributed by atoms with E-state index < -0.39 is 11.7 Å². The molecule has 0 aromatic heterocycles. The van der Waals surface area contributed by atoms with Gasteiger partial charge in [0.05, 0.1) is 18.6 Å². The van der Waals surface area contributed by atoms with E-state index in [4.69, 9.17) is 9.47 Å². The predicted molar refractivity (Wildman–Crippen MR) is 119 cm³/mol. The van der Waals surface area contributed by atoms with Crippen molar-refractivity contribution in [2.45, 2.75) is 31.5 Å². The second kappa shape index (κ2) is 10.1. The van der Waals surface area contributed by atoms with Gasteiger partial charge in [-0.3, -0.25) is 9.69 Å². The molecule has 2 fully saturated rings. The van der Waals surface area contributed by atoms with Crippen molar-refractivity contribution < 1.29 is 27.4 Å². The fourth-order valence-electron chi connectivity index (χ4n) is 4.77. The zero-order valence-corrected chi connectivity index (χ0v) is 18.6. The minimum Gasteiger partial charge on any atom is -0.497 e. The van der Waals surface area contributed by atoms with Crippen LogP contribution < -0.4 is 10.1 Å². The summed E-state index contributed by atoms with van der Waals surface area (Å²) < 4.78 is 50.7. The molecule has 8 heteroatoms. The molecule has 0 radical (unpaired) electrons. The monoisotopic (exact) mass is 462 g/mol. The van der Waals surface area contributed by atoms with Gasteiger partial charge < -0.3 is 14.8 Å². The molecule has 2 aromatic carbocycles. The molecule has 1 N–H and O–H groups in total. The van der Waals surface area contributed by atoms with Gasteiger partial charge in [0.25, 0.3) is 0 Å². The topological polar surface area (TPSA) is 50.8 Å². The number of halogens is 3. The minimum atomic E-state index is -4.40. The number of benzene rings is 2. The fraction of sp³-hybridized carbons (Fsp3) is 0.480. The Morgan fingerprint density at radius 3 is 2.64 bits per heavy atom. The van der Waals surface area contributed by atoms with Gasteiger partial charge in [0.15, 0.2) is 0 Å². The lowest BCUT2D eigenvalue weighted by atomic mass is 9.96. The van der Waals surface area contributed by atoms with Gasteiger partial charge in [0.2, 0.25) is 5.91 Å². The summed E-state index contributed by atoms with van der Waals surface area (Å²) in [5, 5.41) is 2.94. The number of rotatable bonds is 6. The third-order valence-electron chi connectivity index (χ3n) is 6.54. The normalized spacial score (nSPS) is 22.3. The maximum atomic E-state index is 13.3. The van der Waals surface area contributed by atoms with Gasteiger partial charge in [0.1, 0.15) is 5.75 Å². The lowest BCUT2D eigenvalue weighted by molar-refractivity contribution is -0.137. The SMILES string of the molecule is COc1cccc(NC(=O)[C@@H]2C[C@@H](c3cccc(C(F)(F)F)c3)N(CC3CCOCC3)C2)c1. The standard InChI is InChI=1S/C25H29F3N2O3/c1-32-22-7-3-6-21(14-22)29-24(31)19-13-23(18-4-2-5-20(12-18)25(26,27)28)30(16-19)15-17-8-10-33-11-9-17/h2-7,12,14,17,19,23H,8-11,13,15-16H2,1H3,(H,29,31)/t19-,23+/m1/s1. The molecule has 1 amide bonds. The maximum absolute atomic E-state index is 13.3. The maximum Gasteiger partial charge on any atom is 0.416 e. The van der Waals surface area contributed by atoms with Crippen molar-refractivity contribution in [1.29, 1.82) is 0 Å². The van der Waals surface area contributed by atoms with Crippen LogP contribution in [0.1, 0.15) is 36.4 Å². The molecule has 2 aliphatic rings. The number of hydrogen-bond acceptors (Lipinski definition) is 4. The van der Waals surface area contributed by atoms with Crippen LogP contribution in [-0.2, 0) is 15.7 Å². The Hall–Kier alpha value is -2.58. The van der Waals surface area contributed by atoms with Gasteiger partial charge in [-0.15, -0.1) is 0 Å². The number of anilines is 1. The van der Waals surface area contributed by atoms with E-state index in [1.807, 2.05) is 0 Å². The number of methoxy groups -OCH3 is 1. The predicted octanol–water partition coefficient (Wildman–Crippen LogP) is 5.14. The molecule has 0 unspecified atom stereocenters. The van der Waals surface area contributed by atoms with E-state index >= 15 is 0 Å². The second-order valence-corrected chi connectivity index (χ2v) is 8.80. The third-order valence-corrected chi connectivity index (χ3v) is 6.54. The van der Waals surface area contributed by atoms with E-state index in [9.17, 15) is 18.0 Å². The number of nitrogens with zero attached hydrogens (tertiary/aromatic N) is 1. The first-order valence-corrected chi connectivity index (χ1v) is 11.3. The summed E-state index contributed by atoms with van der Waals surface area (Å²) in [7, 11) is 1.56. The summed E-state index contributed by atoms with van der Waals surface area (Å²) in [4.78, 5) is 15.3. The van der Waals surface area contributed by atoms with Crippen molar-refractivity contribution in [2.24, 2.45) is 11.8 Å². The van der Waals surface area contributed by atoms with Crippen LogP contribution in [0.5, 0.6) is 5.75 Å². The van der Waals surface area contributed by atoms with Crippen LogP contribution in [0, 0.1) is 11.8 Å². The lowest BCUT2D eigenvalue weighted by Gasteiger charge is -2.31. The third kappa shape index (κ3) is 5.86. The van der Waals surface area contributed by atoms with Crippen LogP contribution >= 0.6 is 0 Å². The molecule has 33 heavy (non-hydrogen) atoms. The molecule has 2 heterocycles. The molecule has 0 aliphatic carbocycles. The molecule has 2 saturated heterocycles. The highest BCUT2D eigenvalue weighted by Gasteiger charge is 2.39. The molecular formula is C25H29F3N2O3. The number of carbonyl (C=O) groups excluding carboxylic acids is 1. The van der Waals surface area contributed by atoms with Crippen LogP contribution in [0.4, 0.5) is 18.9 Å². The van der Waals surface area contributed by atoms with E-state index in [1.165, 1.54) is 12.1 Å². The van der Waals surface area contributed by atoms with E-state index in [-0.39, 0.29) is 17.9 Å². The Kier molecular flexibility index (Phi) is 7.24. The summed E-state index contributed by atoms with van der Waals surface area (Å²) in [6, 6.07) is 12.4. The first kappa shape index (κ1) is 23.6. The molecule has 0 saturated carbocycles. The molecule has 5 nitrogen and oxygen atoms in total. The first-order chi connectivity index (χ1) is 15.8. The molecule has 2 aromatic rings. The number of carbonyl (C=O) groups is 1. The first-order valence-electron chi connectivity index (χ1n) is 11.3. The number of alkyl halides is 3. The molecule has 2 atom stereocenters. The van der Waals surface area contributed by atoms with E-state index in [2.05, 4.69) is 10.2 Å². The number of ether oxygens (including phenoxy) is 2. The van der Waals surface area contributed by atoms with Crippen LogP contribution in [0.3, 0.4) is 0 Å². The van der Waals surface area contributed by atoms with Crippen molar-refractivity contribution in [2.75, 3.05) is 38.7 Å². The largest absolute Gasteiger partial charge is 0.497 e. The highest BCUT2D eigenvalue weighted by Crippen LogP contribution is 2.39. The average Bonchev–Trinajstić information content (AvgIpc) is 3.23. The van der Waals surface area contributed by atoms with E-state index in [0.29, 0.717) is 49.1 Å². The Morgan fingerprint density at radius 1 is 1.15 bits per heavy atom. The molecular weight excluding hydrogens is 433 g/mol. The van der Waals surface area contributed by atoms with Crippen LogP contribution in [0.25, 0.3) is 0 Å². The number of likely N-dealkylation sites (tertiary alicyclic amines) is 1. The van der Waals surface area contributed by atoms with Crippen molar-refractivity contribution in [1.82, 2.24) is 4.90 Å². The van der Waals surface area contributed by atoms with Crippen molar-refractivity contribution in [3.8, 4) is 5.75 Å². The quantitative estimate of drug-likeness (QED) is 0.646. The van der Waals surface area contributed by atoms with Gasteiger partial charge in [-0.1, -0.05) is 18.2 Å². The Bertz CT molecular complexity index is 960. The second-order valence-electron chi connectivity index (χ2n) is 8.80. The number of amides is 1. The summed E-state index contributed by atoms with van der Waals surface area (Å²) >= 11 is 0. The number of nitrogens with one attached hydrogen (secondary N) is 1. The van der Waals surface area contributed by atoms with Gasteiger partial charge in [-0.2, -0.15) is 13.2 Å². The molecule has 2 aliphatic heterocycles. The summed E-state index contributed by atoms with van der Waals surface area (Å²) in [6.07, 6.45) is -2.08. The van der Waals surface area contributed by atoms with E-state index in [1.54, 1.807) is 37.4 Å². The van der Waals surface area contributed by atoms with Crippen molar-refractivity contribution >= 4 is 11.6 Å². The van der Waals surface area contributed by atoms with Gasteiger partial charge >= 0.3 is 6.18 Å². The van der Waals surface area contributed by atoms with Crippen LogP contribution in [-0.4, -0.2) is 44.2 Å². The highest BCUT2D eigenvalue weighted by molar-refractivity contribution is 5.93. The highest BCUT2D eigenvalue weighted by atomic mass is 19.4. The van der Waals surface area contributed by atoms with Crippen molar-refractivity contribution in [3.05, 3.63) is 59.7 Å². The Morgan fingerprint density at radius 2 is 1.91 bits per heavy atom. The Balaban J connectivity index is 1.53. The molecule has 0 spiro atoms. The zero-order chi connectivity index (χ0) is 23.4. The average molecular weight is 463 g/mol. The smallest absolute Gasteiger partial charge is 0.416 e. The summed E-state index contributed by atoms with van der Waals surface area (Å²) in [6.45, 7) is 2.65. The molecule has 0 bridgehead atoms. The van der Waals surface area contributed by atoms with Crippen LogP contribution in [0.15, 0.2) is 48.5 Å². The minimum absolute atomic E-state index is 0.130. The van der Waals surface area contributed by atoms with Gasteiger partial charge in [-0.25, -0.2) is 0 Å². The van der Waals surface area contributed by atoms with Crippen molar-refractivity contribution in [3.63, 3.8) is 0 Å². The fourth-order valence-corrected chi connectivity index (χ4v) is 4.77. The summed E-state index contributed by atoms with van der Waals surface area (Å²) in [5.41, 5.74) is 0.585. The number of hydrogen-bond donors (Lipinski definition) is 1. The van der Waals surface area contributed by atoms with Gasteiger partial charge in [-0.05, 0) is 55.0 Å². The van der Waals surface area contributed by atoms with Gasteiger partial charge in [0, 0.05) is 44.1 Å². The molecule has 178 valence electrons. The lowest BCUT2D eigenvalue weighted by Crippen LogP contribution is -2.34. The molecule has 4 rings (SSSR count). The van der Waals surface area contributed by atoms with E-state index in [0.717, 1.165) is 25.5 Å². The van der Waals surface area contributed by atoms with Crippen LogP contribution in [0.2, 0.25) is 0 Å².